The van der Waals surface area contributed by atoms with Crippen molar-refractivity contribution < 1.29 is 4.79 Å². The molecule has 0 radical (unpaired) electrons. The van der Waals surface area contributed by atoms with Crippen molar-refractivity contribution in [2.75, 3.05) is 11.4 Å². The Morgan fingerprint density at radius 1 is 1.08 bits per heavy atom. The summed E-state index contributed by atoms with van der Waals surface area (Å²) in [6, 6.07) is 10.2. The van der Waals surface area contributed by atoms with Crippen LogP contribution in [0.1, 0.15) is 49.3 Å². The number of amides is 1. The number of rotatable bonds is 9. The third-order valence-electron chi connectivity index (χ3n) is 4.60. The minimum Gasteiger partial charge on any atom is -0.327 e. The molecule has 2 aromatic rings. The van der Waals surface area contributed by atoms with Crippen LogP contribution in [0.15, 0.2) is 42.7 Å². The fourth-order valence-corrected chi connectivity index (χ4v) is 3.30. The summed E-state index contributed by atoms with van der Waals surface area (Å²) in [5, 5.41) is 0. The number of aryl methyl sites for hydroxylation is 3. The van der Waals surface area contributed by atoms with Gasteiger partial charge in [-0.15, -0.1) is 0 Å². The second-order valence-corrected chi connectivity index (χ2v) is 7.13. The van der Waals surface area contributed by atoms with Gasteiger partial charge in [0.15, 0.2) is 0 Å². The van der Waals surface area contributed by atoms with E-state index >= 15 is 0 Å². The number of benzene rings is 1. The SMILES string of the molecule is Cc1cccc(C)c1N(CCCCCc1ccncc1)C(=O)CC(C)N. The standard InChI is InChI=1S/C22H31N3O/c1-17-8-7-9-18(2)22(17)25(21(26)16-19(3)23)15-6-4-5-10-20-11-13-24-14-12-20/h7-9,11-14,19H,4-6,10,15-16,23H2,1-3H3. The minimum absolute atomic E-state index is 0.117. The predicted molar refractivity (Wildman–Crippen MR) is 108 cm³/mol. The van der Waals surface area contributed by atoms with Gasteiger partial charge in [-0.25, -0.2) is 0 Å². The van der Waals surface area contributed by atoms with Gasteiger partial charge in [-0.3, -0.25) is 9.78 Å². The Morgan fingerprint density at radius 2 is 1.73 bits per heavy atom. The van der Waals surface area contributed by atoms with Crippen LogP contribution >= 0.6 is 0 Å². The fraction of sp³-hybridized carbons (Fsp3) is 0.455. The summed E-state index contributed by atoms with van der Waals surface area (Å²) >= 11 is 0. The molecule has 26 heavy (non-hydrogen) atoms. The minimum atomic E-state index is -0.124. The van der Waals surface area contributed by atoms with Crippen LogP contribution in [0, 0.1) is 13.8 Å². The van der Waals surface area contributed by atoms with Gasteiger partial charge in [0.25, 0.3) is 0 Å². The molecule has 0 aliphatic rings. The van der Waals surface area contributed by atoms with Gasteiger partial charge in [-0.1, -0.05) is 24.6 Å². The molecule has 0 bridgehead atoms. The summed E-state index contributed by atoms with van der Waals surface area (Å²) in [5.41, 5.74) is 10.5. The number of hydrogen-bond acceptors (Lipinski definition) is 3. The summed E-state index contributed by atoms with van der Waals surface area (Å²) in [6.45, 7) is 6.76. The van der Waals surface area contributed by atoms with E-state index < -0.39 is 0 Å². The van der Waals surface area contributed by atoms with E-state index in [0.717, 1.165) is 49.0 Å². The molecule has 1 aromatic heterocycles. The quantitative estimate of drug-likeness (QED) is 0.688. The van der Waals surface area contributed by atoms with E-state index in [1.165, 1.54) is 5.56 Å². The summed E-state index contributed by atoms with van der Waals surface area (Å²) < 4.78 is 0. The maximum absolute atomic E-state index is 12.8. The number of para-hydroxylation sites is 1. The van der Waals surface area contributed by atoms with Gasteiger partial charge in [0.05, 0.1) is 0 Å². The lowest BCUT2D eigenvalue weighted by atomic mass is 10.0. The van der Waals surface area contributed by atoms with E-state index in [-0.39, 0.29) is 11.9 Å². The Morgan fingerprint density at radius 3 is 2.35 bits per heavy atom. The molecule has 4 nitrogen and oxygen atoms in total. The van der Waals surface area contributed by atoms with Gasteiger partial charge in [0.1, 0.15) is 0 Å². The highest BCUT2D eigenvalue weighted by Crippen LogP contribution is 2.26. The van der Waals surface area contributed by atoms with Crippen molar-refractivity contribution in [3.05, 3.63) is 59.4 Å². The Labute approximate surface area is 157 Å². The molecule has 1 atom stereocenters. The molecule has 2 N–H and O–H groups in total. The number of nitrogens with zero attached hydrogens (tertiary/aromatic N) is 2. The average Bonchev–Trinajstić information content (AvgIpc) is 2.60. The largest absolute Gasteiger partial charge is 0.327 e. The maximum Gasteiger partial charge on any atom is 0.228 e. The molecule has 0 spiro atoms. The van der Waals surface area contributed by atoms with Crippen molar-refractivity contribution in [2.24, 2.45) is 5.73 Å². The number of hydrogen-bond donors (Lipinski definition) is 1. The number of carbonyl (C=O) groups is 1. The molecule has 0 saturated carbocycles. The topological polar surface area (TPSA) is 59.2 Å². The van der Waals surface area contributed by atoms with Gasteiger partial charge >= 0.3 is 0 Å². The van der Waals surface area contributed by atoms with E-state index in [2.05, 4.69) is 43.1 Å². The van der Waals surface area contributed by atoms with Crippen LogP contribution in [0.25, 0.3) is 0 Å². The Balaban J connectivity index is 1.97. The monoisotopic (exact) mass is 353 g/mol. The van der Waals surface area contributed by atoms with Crippen molar-refractivity contribution >= 4 is 11.6 Å². The molecule has 1 unspecified atom stereocenters. The van der Waals surface area contributed by atoms with Gasteiger partial charge < -0.3 is 10.6 Å². The average molecular weight is 354 g/mol. The lowest BCUT2D eigenvalue weighted by molar-refractivity contribution is -0.118. The highest BCUT2D eigenvalue weighted by atomic mass is 16.2. The van der Waals surface area contributed by atoms with Crippen LogP contribution in [0.4, 0.5) is 5.69 Å². The molecule has 0 aliphatic heterocycles. The number of pyridine rings is 1. The molecule has 0 fully saturated rings. The van der Waals surface area contributed by atoms with Gasteiger partial charge in [-0.05, 0) is 68.9 Å². The fourth-order valence-electron chi connectivity index (χ4n) is 3.30. The van der Waals surface area contributed by atoms with Crippen LogP contribution in [-0.2, 0) is 11.2 Å². The predicted octanol–water partition coefficient (Wildman–Crippen LogP) is 4.18. The van der Waals surface area contributed by atoms with E-state index in [1.807, 2.05) is 30.3 Å². The smallest absolute Gasteiger partial charge is 0.228 e. The maximum atomic E-state index is 12.8. The van der Waals surface area contributed by atoms with Crippen molar-refractivity contribution in [3.63, 3.8) is 0 Å². The zero-order valence-corrected chi connectivity index (χ0v) is 16.2. The number of anilines is 1. The van der Waals surface area contributed by atoms with Gasteiger partial charge in [0.2, 0.25) is 5.91 Å². The summed E-state index contributed by atoms with van der Waals surface area (Å²) in [7, 11) is 0. The molecular weight excluding hydrogens is 322 g/mol. The Bertz CT molecular complexity index is 678. The lowest BCUT2D eigenvalue weighted by Crippen LogP contribution is -2.36. The van der Waals surface area contributed by atoms with Gasteiger partial charge in [0, 0.05) is 37.1 Å². The molecular formula is C22H31N3O. The van der Waals surface area contributed by atoms with Crippen molar-refractivity contribution in [1.29, 1.82) is 0 Å². The second-order valence-electron chi connectivity index (χ2n) is 7.13. The first-order valence-electron chi connectivity index (χ1n) is 9.50. The number of nitrogens with two attached hydrogens (primary N) is 1. The number of carbonyl (C=O) groups excluding carboxylic acids is 1. The third-order valence-corrected chi connectivity index (χ3v) is 4.60. The van der Waals surface area contributed by atoms with Crippen LogP contribution in [0.2, 0.25) is 0 Å². The van der Waals surface area contributed by atoms with E-state index in [1.54, 1.807) is 0 Å². The number of unbranched alkanes of at least 4 members (excludes halogenated alkanes) is 2. The molecule has 0 saturated heterocycles. The molecule has 1 amide bonds. The summed E-state index contributed by atoms with van der Waals surface area (Å²) in [6.07, 6.45) is 8.31. The summed E-state index contributed by atoms with van der Waals surface area (Å²) in [5.74, 6) is 0.117. The van der Waals surface area contributed by atoms with Crippen molar-refractivity contribution in [2.45, 2.75) is 58.9 Å². The highest BCUT2D eigenvalue weighted by molar-refractivity contribution is 5.95. The zero-order valence-electron chi connectivity index (χ0n) is 16.2. The van der Waals surface area contributed by atoms with Crippen molar-refractivity contribution in [1.82, 2.24) is 4.98 Å². The van der Waals surface area contributed by atoms with E-state index in [0.29, 0.717) is 6.42 Å². The lowest BCUT2D eigenvalue weighted by Gasteiger charge is -2.27. The molecule has 1 aromatic carbocycles. The molecule has 140 valence electrons. The number of aromatic nitrogens is 1. The molecule has 2 rings (SSSR count). The Hall–Kier alpha value is -2.20. The first-order chi connectivity index (χ1) is 12.5. The zero-order chi connectivity index (χ0) is 18.9. The summed E-state index contributed by atoms with van der Waals surface area (Å²) in [4.78, 5) is 18.8. The first kappa shape index (κ1) is 20.1. The Kier molecular flexibility index (Phi) is 7.79. The van der Waals surface area contributed by atoms with E-state index in [4.69, 9.17) is 5.73 Å². The first-order valence-corrected chi connectivity index (χ1v) is 9.50. The molecule has 1 heterocycles. The van der Waals surface area contributed by atoms with Crippen LogP contribution in [0.3, 0.4) is 0 Å². The van der Waals surface area contributed by atoms with Gasteiger partial charge in [-0.2, -0.15) is 0 Å². The van der Waals surface area contributed by atoms with Crippen LogP contribution in [0.5, 0.6) is 0 Å². The second kappa shape index (κ2) is 10.1. The van der Waals surface area contributed by atoms with Crippen LogP contribution in [-0.4, -0.2) is 23.5 Å². The molecule has 0 aliphatic carbocycles. The van der Waals surface area contributed by atoms with E-state index in [9.17, 15) is 4.79 Å². The van der Waals surface area contributed by atoms with Crippen molar-refractivity contribution in [3.8, 4) is 0 Å². The van der Waals surface area contributed by atoms with Crippen LogP contribution < -0.4 is 10.6 Å². The third kappa shape index (κ3) is 5.95. The molecule has 4 heteroatoms. The normalized spacial score (nSPS) is 12.0. The highest BCUT2D eigenvalue weighted by Gasteiger charge is 2.19.